The summed E-state index contributed by atoms with van der Waals surface area (Å²) in [7, 11) is 0. The Labute approximate surface area is 187 Å². The fourth-order valence-corrected chi connectivity index (χ4v) is 4.20. The van der Waals surface area contributed by atoms with E-state index in [1.807, 2.05) is 6.07 Å². The van der Waals surface area contributed by atoms with Gasteiger partial charge in [0, 0.05) is 18.4 Å². The molecule has 1 aromatic rings. The van der Waals surface area contributed by atoms with Gasteiger partial charge in [-0.2, -0.15) is 5.26 Å². The highest BCUT2D eigenvalue weighted by Gasteiger charge is 2.28. The second-order valence-electron chi connectivity index (χ2n) is 8.31. The van der Waals surface area contributed by atoms with Crippen molar-refractivity contribution in [1.29, 1.82) is 5.26 Å². The third kappa shape index (κ3) is 6.30. The van der Waals surface area contributed by atoms with Crippen LogP contribution in [0.2, 0.25) is 0 Å². The highest BCUT2D eigenvalue weighted by Crippen LogP contribution is 2.23. The van der Waals surface area contributed by atoms with Crippen molar-refractivity contribution in [3.8, 4) is 6.07 Å². The maximum absolute atomic E-state index is 12.8. The zero-order chi connectivity index (χ0) is 22.9. The predicted molar refractivity (Wildman–Crippen MR) is 117 cm³/mol. The third-order valence-corrected chi connectivity index (χ3v) is 5.99. The second-order valence-corrected chi connectivity index (χ2v) is 8.31. The minimum atomic E-state index is -0.824. The van der Waals surface area contributed by atoms with Crippen molar-refractivity contribution in [2.45, 2.75) is 51.0 Å². The van der Waals surface area contributed by atoms with E-state index in [9.17, 15) is 24.4 Å². The lowest BCUT2D eigenvalue weighted by Crippen LogP contribution is -2.38. The molecule has 0 aromatic heterocycles. The molecule has 0 bridgehead atoms. The van der Waals surface area contributed by atoms with Crippen LogP contribution in [0.25, 0.3) is 0 Å². The molecule has 1 aliphatic carbocycles. The summed E-state index contributed by atoms with van der Waals surface area (Å²) >= 11 is 0. The Kier molecular flexibility index (Phi) is 8.20. The Morgan fingerprint density at radius 2 is 1.88 bits per heavy atom. The number of benzene rings is 1. The lowest BCUT2D eigenvalue weighted by molar-refractivity contribution is -0.128. The van der Waals surface area contributed by atoms with Crippen LogP contribution in [0.1, 0.15) is 55.3 Å². The monoisotopic (exact) mass is 439 g/mol. The maximum Gasteiger partial charge on any atom is 0.254 e. The number of nitrogens with one attached hydrogen (secondary N) is 4. The molecule has 9 heteroatoms. The summed E-state index contributed by atoms with van der Waals surface area (Å²) in [4.78, 5) is 49.1. The largest absolute Gasteiger partial charge is 0.356 e. The van der Waals surface area contributed by atoms with E-state index >= 15 is 0 Å². The average molecular weight is 440 g/mol. The number of nitrogens with zero attached hydrogens (tertiary/aromatic N) is 1. The van der Waals surface area contributed by atoms with Crippen LogP contribution in [0.15, 0.2) is 24.3 Å². The minimum Gasteiger partial charge on any atom is -0.356 e. The zero-order valence-corrected chi connectivity index (χ0v) is 18.0. The number of para-hydroxylation sites is 1. The van der Waals surface area contributed by atoms with E-state index in [-0.39, 0.29) is 47.9 Å². The first-order valence-corrected chi connectivity index (χ1v) is 11.1. The zero-order valence-electron chi connectivity index (χ0n) is 18.0. The molecule has 32 heavy (non-hydrogen) atoms. The lowest BCUT2D eigenvalue weighted by atomic mass is 9.89. The van der Waals surface area contributed by atoms with Gasteiger partial charge in [0.15, 0.2) is 0 Å². The van der Waals surface area contributed by atoms with Crippen molar-refractivity contribution in [2.75, 3.05) is 18.4 Å². The van der Waals surface area contributed by atoms with Gasteiger partial charge in [-0.05, 0) is 37.8 Å². The van der Waals surface area contributed by atoms with E-state index in [0.29, 0.717) is 13.0 Å². The Morgan fingerprint density at radius 1 is 1.12 bits per heavy atom. The summed E-state index contributed by atoms with van der Waals surface area (Å²) in [6.07, 6.45) is 5.76. The molecular formula is C23H29N5O4. The number of hydrogen-bond acceptors (Lipinski definition) is 5. The Hall–Kier alpha value is -3.41. The first-order chi connectivity index (χ1) is 15.5. The maximum atomic E-state index is 12.8. The van der Waals surface area contributed by atoms with Crippen molar-refractivity contribution >= 4 is 29.3 Å². The van der Waals surface area contributed by atoms with Crippen LogP contribution in [0, 0.1) is 23.2 Å². The molecule has 1 aliphatic heterocycles. The van der Waals surface area contributed by atoms with Crippen LogP contribution in [-0.4, -0.2) is 42.8 Å². The summed E-state index contributed by atoms with van der Waals surface area (Å²) < 4.78 is 0. The molecule has 4 N–H and O–H groups in total. The highest BCUT2D eigenvalue weighted by atomic mass is 16.2. The topological polar surface area (TPSA) is 140 Å². The molecule has 3 rings (SSSR count). The molecule has 1 aromatic carbocycles. The number of nitriles is 1. The molecule has 1 heterocycles. The van der Waals surface area contributed by atoms with E-state index in [4.69, 9.17) is 0 Å². The molecule has 2 fully saturated rings. The van der Waals surface area contributed by atoms with E-state index in [1.165, 1.54) is 0 Å². The minimum absolute atomic E-state index is 0.0421. The summed E-state index contributed by atoms with van der Waals surface area (Å²) in [6.45, 7) is 0.393. The Balaban J connectivity index is 1.55. The van der Waals surface area contributed by atoms with Crippen LogP contribution >= 0.6 is 0 Å². The van der Waals surface area contributed by atoms with Gasteiger partial charge in [-0.1, -0.05) is 31.4 Å². The number of carbonyl (C=O) groups is 4. The molecule has 0 spiro atoms. The molecule has 2 aliphatic rings. The summed E-state index contributed by atoms with van der Waals surface area (Å²) in [5.41, 5.74) is 0.493. The van der Waals surface area contributed by atoms with Crippen molar-refractivity contribution in [3.63, 3.8) is 0 Å². The van der Waals surface area contributed by atoms with Crippen LogP contribution in [0.4, 0.5) is 5.69 Å². The Bertz CT molecular complexity index is 904. The second kappa shape index (κ2) is 11.3. The molecule has 0 radical (unpaired) electrons. The molecule has 9 nitrogen and oxygen atoms in total. The van der Waals surface area contributed by atoms with Crippen molar-refractivity contribution in [3.05, 3.63) is 29.8 Å². The fourth-order valence-electron chi connectivity index (χ4n) is 4.20. The van der Waals surface area contributed by atoms with Gasteiger partial charge in [-0.3, -0.25) is 19.2 Å². The van der Waals surface area contributed by atoms with Gasteiger partial charge in [-0.25, -0.2) is 0 Å². The van der Waals surface area contributed by atoms with E-state index in [0.717, 1.165) is 32.1 Å². The molecular weight excluding hydrogens is 410 g/mol. The smallest absolute Gasteiger partial charge is 0.254 e. The molecule has 1 saturated heterocycles. The number of carbonyl (C=O) groups excluding carboxylic acids is 4. The normalized spacial score (nSPS) is 19.3. The summed E-state index contributed by atoms with van der Waals surface area (Å²) in [5, 5.41) is 20.1. The van der Waals surface area contributed by atoms with Gasteiger partial charge in [-0.15, -0.1) is 0 Å². The van der Waals surface area contributed by atoms with Crippen molar-refractivity contribution in [2.24, 2.45) is 11.8 Å². The first kappa shape index (κ1) is 23.3. The van der Waals surface area contributed by atoms with Crippen LogP contribution in [0.3, 0.4) is 0 Å². The number of anilines is 1. The average Bonchev–Trinajstić information content (AvgIpc) is 3.22. The highest BCUT2D eigenvalue weighted by molar-refractivity contribution is 6.04. The molecule has 1 unspecified atom stereocenters. The lowest BCUT2D eigenvalue weighted by Gasteiger charge is -2.20. The predicted octanol–water partition coefficient (Wildman–Crippen LogP) is 1.47. The van der Waals surface area contributed by atoms with Gasteiger partial charge in [0.05, 0.1) is 23.9 Å². The molecule has 1 saturated carbocycles. The van der Waals surface area contributed by atoms with Crippen LogP contribution < -0.4 is 21.3 Å². The molecule has 2 atom stereocenters. The van der Waals surface area contributed by atoms with Crippen LogP contribution in [0.5, 0.6) is 0 Å². The van der Waals surface area contributed by atoms with Gasteiger partial charge >= 0.3 is 0 Å². The van der Waals surface area contributed by atoms with Crippen molar-refractivity contribution in [1.82, 2.24) is 16.0 Å². The quantitative estimate of drug-likeness (QED) is 0.486. The third-order valence-electron chi connectivity index (χ3n) is 5.99. The first-order valence-electron chi connectivity index (χ1n) is 11.1. The van der Waals surface area contributed by atoms with E-state index < -0.39 is 17.9 Å². The van der Waals surface area contributed by atoms with E-state index in [1.54, 1.807) is 24.3 Å². The fraction of sp³-hybridized carbons (Fsp3) is 0.522. The van der Waals surface area contributed by atoms with Gasteiger partial charge in [0.1, 0.15) is 6.04 Å². The van der Waals surface area contributed by atoms with Gasteiger partial charge in [0.25, 0.3) is 5.91 Å². The molecule has 4 amide bonds. The SMILES string of the molecule is N#C[C@H](CC1CCNC1=O)NC(=O)c1ccccc1NC(=O)CNC(=O)C1CCCCC1. The summed E-state index contributed by atoms with van der Waals surface area (Å²) in [5.74, 6) is -1.52. The van der Waals surface area contributed by atoms with Gasteiger partial charge < -0.3 is 21.3 Å². The van der Waals surface area contributed by atoms with Crippen molar-refractivity contribution < 1.29 is 19.2 Å². The number of hydrogen-bond donors (Lipinski definition) is 4. The van der Waals surface area contributed by atoms with E-state index in [2.05, 4.69) is 21.3 Å². The standard InChI is InChI=1S/C23H29N5O4/c24-13-17(12-16-10-11-25-22(16)31)27-23(32)18-8-4-5-9-19(18)28-20(29)14-26-21(30)15-6-2-1-3-7-15/h4-5,8-9,15-17H,1-3,6-7,10-12,14H2,(H,25,31)(H,26,30)(H,27,32)(H,28,29)/t16?,17-/m0/s1. The number of rotatable bonds is 8. The Morgan fingerprint density at radius 3 is 2.56 bits per heavy atom. The molecule has 170 valence electrons. The van der Waals surface area contributed by atoms with Gasteiger partial charge in [0.2, 0.25) is 17.7 Å². The summed E-state index contributed by atoms with van der Waals surface area (Å²) in [6, 6.07) is 7.66. The number of amides is 4. The van der Waals surface area contributed by atoms with Crippen LogP contribution in [-0.2, 0) is 14.4 Å².